The first-order valence-electron chi connectivity index (χ1n) is 4.86. The summed E-state index contributed by atoms with van der Waals surface area (Å²) in [5.74, 6) is -0.0487. The fraction of sp³-hybridized carbons (Fsp3) is 0.400. The normalized spacial score (nSPS) is 11.1. The highest BCUT2D eigenvalue weighted by molar-refractivity contribution is 5.25. The lowest BCUT2D eigenvalue weighted by molar-refractivity contribution is 0.702. The maximum Gasteiger partial charge on any atom is 0.0328 e. The number of aryl methyl sites for hydroxylation is 1. The molecule has 0 bridgehead atoms. The summed E-state index contributed by atoms with van der Waals surface area (Å²) in [7, 11) is 0. The minimum absolute atomic E-state index is 0.0487. The highest BCUT2D eigenvalue weighted by Crippen LogP contribution is 2.17. The molecule has 0 aliphatic carbocycles. The molecule has 0 aliphatic heterocycles. The zero-order chi connectivity index (χ0) is 11.8. The molecular formula is C10H12N6. The van der Waals surface area contributed by atoms with Crippen LogP contribution in [0.3, 0.4) is 0 Å². The van der Waals surface area contributed by atoms with E-state index in [1.165, 1.54) is 0 Å². The van der Waals surface area contributed by atoms with Crippen molar-refractivity contribution in [3.05, 3.63) is 56.3 Å². The summed E-state index contributed by atoms with van der Waals surface area (Å²) in [4.78, 5) is 5.43. The third-order valence-corrected chi connectivity index (χ3v) is 2.28. The highest BCUT2D eigenvalue weighted by Gasteiger charge is 2.08. The summed E-state index contributed by atoms with van der Waals surface area (Å²) in [5.41, 5.74) is 18.8. The molecule has 0 heterocycles. The molecule has 6 nitrogen and oxygen atoms in total. The zero-order valence-corrected chi connectivity index (χ0v) is 8.98. The predicted octanol–water partition coefficient (Wildman–Crippen LogP) is 3.70. The number of nitrogens with zero attached hydrogens (tertiary/aromatic N) is 6. The summed E-state index contributed by atoms with van der Waals surface area (Å²) in [6.07, 6.45) is 0. The topological polar surface area (TPSA) is 97.5 Å². The van der Waals surface area contributed by atoms with Gasteiger partial charge >= 0.3 is 0 Å². The van der Waals surface area contributed by atoms with Crippen molar-refractivity contribution in [3.63, 3.8) is 0 Å². The van der Waals surface area contributed by atoms with Gasteiger partial charge < -0.3 is 0 Å². The average molecular weight is 216 g/mol. The van der Waals surface area contributed by atoms with Crippen molar-refractivity contribution < 1.29 is 0 Å². The lowest BCUT2D eigenvalue weighted by atomic mass is 9.98. The van der Waals surface area contributed by atoms with Crippen LogP contribution < -0.4 is 0 Å². The van der Waals surface area contributed by atoms with Gasteiger partial charge in [-0.05, 0) is 29.5 Å². The molecule has 0 radical (unpaired) electrons. The number of azide groups is 2. The van der Waals surface area contributed by atoms with E-state index in [1.54, 1.807) is 0 Å². The van der Waals surface area contributed by atoms with Crippen LogP contribution in [0.15, 0.2) is 34.5 Å². The van der Waals surface area contributed by atoms with Gasteiger partial charge in [0.25, 0.3) is 0 Å². The van der Waals surface area contributed by atoms with E-state index in [0.29, 0.717) is 13.1 Å². The molecule has 1 rings (SSSR count). The van der Waals surface area contributed by atoms with Crippen molar-refractivity contribution in [2.75, 3.05) is 13.1 Å². The molecular weight excluding hydrogens is 204 g/mol. The van der Waals surface area contributed by atoms with Crippen molar-refractivity contribution in [1.29, 1.82) is 0 Å². The van der Waals surface area contributed by atoms with E-state index in [1.807, 2.05) is 31.2 Å². The Labute approximate surface area is 93.2 Å². The number of rotatable bonds is 5. The van der Waals surface area contributed by atoms with E-state index in [-0.39, 0.29) is 5.92 Å². The second-order valence-electron chi connectivity index (χ2n) is 3.43. The molecule has 1 aromatic carbocycles. The van der Waals surface area contributed by atoms with Crippen LogP contribution in [0.25, 0.3) is 20.9 Å². The van der Waals surface area contributed by atoms with E-state index < -0.39 is 0 Å². The zero-order valence-electron chi connectivity index (χ0n) is 8.98. The Kier molecular flexibility index (Phi) is 4.73. The second-order valence-corrected chi connectivity index (χ2v) is 3.43. The molecule has 16 heavy (non-hydrogen) atoms. The minimum atomic E-state index is -0.0487. The Balaban J connectivity index is 2.85. The standard InChI is InChI=1S/C10H12N6/c1-8-2-4-9(5-3-8)10(6-13-15-11)7-14-16-12/h2-5,10H,6-7H2,1H3. The van der Waals surface area contributed by atoms with Crippen LogP contribution in [0.5, 0.6) is 0 Å². The number of benzene rings is 1. The monoisotopic (exact) mass is 216 g/mol. The fourth-order valence-corrected chi connectivity index (χ4v) is 1.38. The van der Waals surface area contributed by atoms with E-state index in [0.717, 1.165) is 11.1 Å². The van der Waals surface area contributed by atoms with Gasteiger partial charge in [-0.3, -0.25) is 0 Å². The molecule has 82 valence electrons. The third-order valence-electron chi connectivity index (χ3n) is 2.28. The van der Waals surface area contributed by atoms with E-state index >= 15 is 0 Å². The van der Waals surface area contributed by atoms with Crippen LogP contribution in [-0.2, 0) is 0 Å². The third kappa shape index (κ3) is 3.53. The molecule has 1 aromatic rings. The van der Waals surface area contributed by atoms with E-state index in [4.69, 9.17) is 11.1 Å². The van der Waals surface area contributed by atoms with Crippen LogP contribution >= 0.6 is 0 Å². The van der Waals surface area contributed by atoms with Gasteiger partial charge in [0.15, 0.2) is 0 Å². The van der Waals surface area contributed by atoms with Gasteiger partial charge in [0.1, 0.15) is 0 Å². The largest absolute Gasteiger partial charge is 0.0933 e. The van der Waals surface area contributed by atoms with Crippen LogP contribution in [-0.4, -0.2) is 13.1 Å². The Hall–Kier alpha value is -2.16. The lowest BCUT2D eigenvalue weighted by Crippen LogP contribution is -2.06. The van der Waals surface area contributed by atoms with E-state index in [2.05, 4.69) is 20.1 Å². The molecule has 0 aliphatic rings. The molecule has 6 heteroatoms. The van der Waals surface area contributed by atoms with Crippen molar-refractivity contribution in [2.24, 2.45) is 10.2 Å². The Bertz CT molecular complexity index is 405. The van der Waals surface area contributed by atoms with Gasteiger partial charge in [-0.2, -0.15) is 0 Å². The smallest absolute Gasteiger partial charge is 0.0328 e. The molecule has 0 fully saturated rings. The number of hydrogen-bond acceptors (Lipinski definition) is 2. The summed E-state index contributed by atoms with van der Waals surface area (Å²) in [6.45, 7) is 2.61. The lowest BCUT2D eigenvalue weighted by Gasteiger charge is -2.11. The van der Waals surface area contributed by atoms with Gasteiger partial charge in [-0.1, -0.05) is 40.1 Å². The van der Waals surface area contributed by atoms with Gasteiger partial charge in [0, 0.05) is 22.9 Å². The maximum absolute atomic E-state index is 8.29. The highest BCUT2D eigenvalue weighted by atomic mass is 15.1. The first kappa shape index (κ1) is 11.9. The second kappa shape index (κ2) is 6.35. The quantitative estimate of drug-likeness (QED) is 0.407. The van der Waals surface area contributed by atoms with E-state index in [9.17, 15) is 0 Å². The maximum atomic E-state index is 8.29. The van der Waals surface area contributed by atoms with Crippen molar-refractivity contribution in [1.82, 2.24) is 0 Å². The van der Waals surface area contributed by atoms with Crippen LogP contribution in [0, 0.1) is 6.92 Å². The molecule has 0 aromatic heterocycles. The summed E-state index contributed by atoms with van der Waals surface area (Å²) >= 11 is 0. The molecule has 0 amide bonds. The first-order valence-corrected chi connectivity index (χ1v) is 4.86. The SMILES string of the molecule is Cc1ccc(C(CN=[N+]=[N-])CN=[N+]=[N-])cc1. The van der Waals surface area contributed by atoms with Crippen LogP contribution in [0.2, 0.25) is 0 Å². The van der Waals surface area contributed by atoms with Gasteiger partial charge in [-0.25, -0.2) is 0 Å². The van der Waals surface area contributed by atoms with Gasteiger partial charge in [-0.15, -0.1) is 0 Å². The van der Waals surface area contributed by atoms with Crippen LogP contribution in [0.4, 0.5) is 0 Å². The van der Waals surface area contributed by atoms with Gasteiger partial charge in [0.05, 0.1) is 0 Å². The Morgan fingerprint density at radius 3 is 2.00 bits per heavy atom. The molecule has 0 saturated carbocycles. The Morgan fingerprint density at radius 1 is 1.06 bits per heavy atom. The Morgan fingerprint density at radius 2 is 1.56 bits per heavy atom. The minimum Gasteiger partial charge on any atom is -0.0933 e. The first-order chi connectivity index (χ1) is 7.77. The van der Waals surface area contributed by atoms with Crippen molar-refractivity contribution in [3.8, 4) is 0 Å². The molecule has 0 unspecified atom stereocenters. The van der Waals surface area contributed by atoms with Gasteiger partial charge in [0.2, 0.25) is 0 Å². The van der Waals surface area contributed by atoms with Crippen LogP contribution in [0.1, 0.15) is 17.0 Å². The molecule has 0 atom stereocenters. The summed E-state index contributed by atoms with van der Waals surface area (Å²) in [5, 5.41) is 7.04. The van der Waals surface area contributed by atoms with Crippen molar-refractivity contribution in [2.45, 2.75) is 12.8 Å². The molecule has 0 saturated heterocycles. The molecule has 0 N–H and O–H groups in total. The summed E-state index contributed by atoms with van der Waals surface area (Å²) < 4.78 is 0. The average Bonchev–Trinajstić information content (AvgIpc) is 2.31. The number of hydrogen-bond donors (Lipinski definition) is 0. The van der Waals surface area contributed by atoms with Crippen molar-refractivity contribution >= 4 is 0 Å². The predicted molar refractivity (Wildman–Crippen MR) is 61.9 cm³/mol. The summed E-state index contributed by atoms with van der Waals surface area (Å²) in [6, 6.07) is 7.88. The molecule has 0 spiro atoms. The fourth-order valence-electron chi connectivity index (χ4n) is 1.38.